The number of esters is 1. The van der Waals surface area contributed by atoms with Gasteiger partial charge in [-0.05, 0) is 26.0 Å². The Bertz CT molecular complexity index is 551. The highest BCUT2D eigenvalue weighted by Crippen LogP contribution is 2.22. The highest BCUT2D eigenvalue weighted by atomic mass is 16.5. The summed E-state index contributed by atoms with van der Waals surface area (Å²) in [5.41, 5.74) is 0.730. The van der Waals surface area contributed by atoms with Gasteiger partial charge in [-0.3, -0.25) is 4.79 Å². The fourth-order valence-electron chi connectivity index (χ4n) is 1.93. The van der Waals surface area contributed by atoms with E-state index >= 15 is 0 Å². The first kappa shape index (κ1) is 17.7. The van der Waals surface area contributed by atoms with Gasteiger partial charge in [0.15, 0.2) is 0 Å². The summed E-state index contributed by atoms with van der Waals surface area (Å²) in [5, 5.41) is 8.75. The van der Waals surface area contributed by atoms with E-state index < -0.39 is 5.97 Å². The number of carbonyl (C=O) groups excluding carboxylic acids is 2. The summed E-state index contributed by atoms with van der Waals surface area (Å²) in [6.45, 7) is 4.94. The van der Waals surface area contributed by atoms with E-state index in [-0.39, 0.29) is 25.5 Å². The Morgan fingerprint density at radius 1 is 1.23 bits per heavy atom. The molecule has 0 N–H and O–H groups in total. The van der Waals surface area contributed by atoms with Crippen molar-refractivity contribution < 1.29 is 19.1 Å². The molecule has 0 fully saturated rings. The SMILES string of the molecule is CCOCCN(C(=O)CC#N)c1ccccc1C(=O)OCC. The largest absolute Gasteiger partial charge is 0.462 e. The molecule has 22 heavy (non-hydrogen) atoms. The minimum Gasteiger partial charge on any atom is -0.462 e. The zero-order valence-electron chi connectivity index (χ0n) is 12.9. The van der Waals surface area contributed by atoms with Crippen molar-refractivity contribution in [1.82, 2.24) is 0 Å². The van der Waals surface area contributed by atoms with E-state index in [2.05, 4.69) is 0 Å². The third kappa shape index (κ3) is 4.86. The molecule has 1 aromatic rings. The molecule has 1 amide bonds. The third-order valence-corrected chi connectivity index (χ3v) is 2.88. The number of para-hydroxylation sites is 1. The Morgan fingerprint density at radius 3 is 2.59 bits per heavy atom. The van der Waals surface area contributed by atoms with Crippen LogP contribution in [-0.2, 0) is 14.3 Å². The summed E-state index contributed by atoms with van der Waals surface area (Å²) in [5.74, 6) is -0.872. The van der Waals surface area contributed by atoms with Gasteiger partial charge in [0.2, 0.25) is 5.91 Å². The Hall–Kier alpha value is -2.39. The Kier molecular flexibility index (Phi) is 7.65. The summed E-state index contributed by atoms with van der Waals surface area (Å²) in [4.78, 5) is 25.6. The van der Waals surface area contributed by atoms with Crippen molar-refractivity contribution in [1.29, 1.82) is 5.26 Å². The number of hydrogen-bond acceptors (Lipinski definition) is 5. The lowest BCUT2D eigenvalue weighted by atomic mass is 10.1. The Balaban J connectivity index is 3.10. The van der Waals surface area contributed by atoms with Gasteiger partial charge in [-0.1, -0.05) is 12.1 Å². The van der Waals surface area contributed by atoms with E-state index in [0.29, 0.717) is 24.5 Å². The molecule has 6 nitrogen and oxygen atoms in total. The number of nitrogens with zero attached hydrogens (tertiary/aromatic N) is 2. The van der Waals surface area contributed by atoms with E-state index in [1.807, 2.05) is 13.0 Å². The van der Waals surface area contributed by atoms with Crippen molar-refractivity contribution in [3.05, 3.63) is 29.8 Å². The van der Waals surface area contributed by atoms with Gasteiger partial charge in [-0.25, -0.2) is 4.79 Å². The minimum absolute atomic E-state index is 0.248. The fraction of sp³-hybridized carbons (Fsp3) is 0.438. The molecule has 0 bridgehead atoms. The Morgan fingerprint density at radius 2 is 1.95 bits per heavy atom. The average Bonchev–Trinajstić information content (AvgIpc) is 2.52. The lowest BCUT2D eigenvalue weighted by molar-refractivity contribution is -0.117. The highest BCUT2D eigenvalue weighted by molar-refractivity contribution is 6.03. The van der Waals surface area contributed by atoms with Crippen molar-refractivity contribution in [3.63, 3.8) is 0 Å². The number of ether oxygens (including phenoxy) is 2. The van der Waals surface area contributed by atoms with Crippen LogP contribution in [0.4, 0.5) is 5.69 Å². The van der Waals surface area contributed by atoms with Gasteiger partial charge >= 0.3 is 5.97 Å². The third-order valence-electron chi connectivity index (χ3n) is 2.88. The summed E-state index contributed by atoms with van der Waals surface area (Å²) < 4.78 is 10.3. The number of rotatable bonds is 8. The summed E-state index contributed by atoms with van der Waals surface area (Å²) in [6, 6.07) is 8.52. The normalized spacial score (nSPS) is 9.86. The molecule has 0 saturated heterocycles. The second-order valence-electron chi connectivity index (χ2n) is 4.31. The summed E-state index contributed by atoms with van der Waals surface area (Å²) >= 11 is 0. The predicted octanol–water partition coefficient (Wildman–Crippen LogP) is 2.15. The molecule has 0 heterocycles. The van der Waals surface area contributed by atoms with Crippen LogP contribution in [-0.4, -0.2) is 38.2 Å². The summed E-state index contributed by atoms with van der Waals surface area (Å²) in [6.07, 6.45) is -0.261. The van der Waals surface area contributed by atoms with Crippen LogP contribution in [0.3, 0.4) is 0 Å². The van der Waals surface area contributed by atoms with Gasteiger partial charge < -0.3 is 14.4 Å². The first-order valence-electron chi connectivity index (χ1n) is 7.16. The van der Waals surface area contributed by atoms with E-state index in [4.69, 9.17) is 14.7 Å². The van der Waals surface area contributed by atoms with Gasteiger partial charge in [0.1, 0.15) is 6.42 Å². The second kappa shape index (κ2) is 9.53. The first-order chi connectivity index (χ1) is 10.7. The van der Waals surface area contributed by atoms with E-state index in [0.717, 1.165) is 0 Å². The second-order valence-corrected chi connectivity index (χ2v) is 4.31. The molecule has 0 aliphatic heterocycles. The van der Waals surface area contributed by atoms with Crippen LogP contribution < -0.4 is 4.90 Å². The first-order valence-corrected chi connectivity index (χ1v) is 7.16. The molecule has 0 aliphatic carbocycles. The van der Waals surface area contributed by atoms with Gasteiger partial charge in [0, 0.05) is 13.2 Å². The smallest absolute Gasteiger partial charge is 0.340 e. The van der Waals surface area contributed by atoms with Crippen LogP contribution in [0.5, 0.6) is 0 Å². The molecular weight excluding hydrogens is 284 g/mol. The number of hydrogen-bond donors (Lipinski definition) is 0. The fourth-order valence-corrected chi connectivity index (χ4v) is 1.93. The van der Waals surface area contributed by atoms with Crippen molar-refractivity contribution >= 4 is 17.6 Å². The lowest BCUT2D eigenvalue weighted by Gasteiger charge is -2.23. The van der Waals surface area contributed by atoms with E-state index in [9.17, 15) is 9.59 Å². The van der Waals surface area contributed by atoms with Crippen LogP contribution in [0, 0.1) is 11.3 Å². The highest BCUT2D eigenvalue weighted by Gasteiger charge is 2.21. The zero-order chi connectivity index (χ0) is 16.4. The van der Waals surface area contributed by atoms with Crippen LogP contribution in [0.25, 0.3) is 0 Å². The Labute approximate surface area is 130 Å². The molecule has 0 radical (unpaired) electrons. The molecule has 0 atom stereocenters. The maximum absolute atomic E-state index is 12.2. The van der Waals surface area contributed by atoms with Gasteiger partial charge in [-0.2, -0.15) is 5.26 Å². The van der Waals surface area contributed by atoms with Crippen LogP contribution in [0.2, 0.25) is 0 Å². The van der Waals surface area contributed by atoms with Gasteiger partial charge in [0.25, 0.3) is 0 Å². The van der Waals surface area contributed by atoms with Crippen LogP contribution in [0.15, 0.2) is 24.3 Å². The van der Waals surface area contributed by atoms with Crippen molar-refractivity contribution in [2.75, 3.05) is 31.3 Å². The molecule has 0 spiro atoms. The van der Waals surface area contributed by atoms with E-state index in [1.165, 1.54) is 4.90 Å². The zero-order valence-corrected chi connectivity index (χ0v) is 12.9. The monoisotopic (exact) mass is 304 g/mol. The van der Waals surface area contributed by atoms with Gasteiger partial charge in [0.05, 0.1) is 30.5 Å². The predicted molar refractivity (Wildman–Crippen MR) is 81.5 cm³/mol. The van der Waals surface area contributed by atoms with Crippen LogP contribution >= 0.6 is 0 Å². The molecule has 0 saturated carbocycles. The number of carbonyl (C=O) groups is 2. The molecule has 0 aliphatic rings. The van der Waals surface area contributed by atoms with Crippen LogP contribution in [0.1, 0.15) is 30.6 Å². The van der Waals surface area contributed by atoms with E-state index in [1.54, 1.807) is 31.2 Å². The molecule has 0 unspecified atom stereocenters. The quantitative estimate of drug-likeness (QED) is 0.543. The molecule has 118 valence electrons. The van der Waals surface area contributed by atoms with Crippen molar-refractivity contribution in [2.45, 2.75) is 20.3 Å². The molecule has 6 heteroatoms. The molecular formula is C16H20N2O4. The van der Waals surface area contributed by atoms with Gasteiger partial charge in [-0.15, -0.1) is 0 Å². The standard InChI is InChI=1S/C16H20N2O4/c1-3-21-12-11-18(15(19)9-10-17)14-8-6-5-7-13(14)16(20)22-4-2/h5-8H,3-4,9,11-12H2,1-2H3. The lowest BCUT2D eigenvalue weighted by Crippen LogP contribution is -2.35. The number of anilines is 1. The minimum atomic E-state index is -0.496. The van der Waals surface area contributed by atoms with Crippen molar-refractivity contribution in [3.8, 4) is 6.07 Å². The maximum Gasteiger partial charge on any atom is 0.340 e. The molecule has 1 aromatic carbocycles. The number of nitriles is 1. The maximum atomic E-state index is 12.2. The number of benzene rings is 1. The topological polar surface area (TPSA) is 79.6 Å². The average molecular weight is 304 g/mol. The number of amides is 1. The van der Waals surface area contributed by atoms with Crippen molar-refractivity contribution in [2.24, 2.45) is 0 Å². The molecule has 1 rings (SSSR count). The summed E-state index contributed by atoms with van der Waals surface area (Å²) in [7, 11) is 0. The molecule has 0 aromatic heterocycles.